The van der Waals surface area contributed by atoms with E-state index in [1.54, 1.807) is 5.41 Å². The van der Waals surface area contributed by atoms with E-state index in [2.05, 4.69) is 11.7 Å². The van der Waals surface area contributed by atoms with Crippen LogP contribution in [0.1, 0.15) is 6.92 Å². The van der Waals surface area contributed by atoms with Crippen molar-refractivity contribution in [1.29, 1.82) is 0 Å². The molecule has 0 heterocycles. The molecule has 0 fully saturated rings. The minimum Gasteiger partial charge on any atom is -0.323 e. The third-order valence-corrected chi connectivity index (χ3v) is 1.05. The van der Waals surface area contributed by atoms with Gasteiger partial charge in [-0.1, -0.05) is 18.3 Å². The molecule has 0 aliphatic rings. The molecule has 2 N–H and O–H groups in total. The first-order valence-electron chi connectivity index (χ1n) is 1.83. The lowest BCUT2D eigenvalue weighted by molar-refractivity contribution is 1.26. The molecule has 2 nitrogen and oxygen atoms in total. The van der Waals surface area contributed by atoms with Gasteiger partial charge in [0.2, 0.25) is 0 Å². The summed E-state index contributed by atoms with van der Waals surface area (Å²) in [6.07, 6.45) is 0. The van der Waals surface area contributed by atoms with Crippen molar-refractivity contribution in [3.8, 4) is 0 Å². The molecule has 0 aliphatic heterocycles. The Morgan fingerprint density at radius 1 is 2.00 bits per heavy atom. The summed E-state index contributed by atoms with van der Waals surface area (Å²) < 4.78 is 0. The highest BCUT2D eigenvalue weighted by molar-refractivity contribution is 8.16. The molecule has 7 heavy (non-hydrogen) atoms. The molecule has 0 saturated heterocycles. The van der Waals surface area contributed by atoms with E-state index in [9.17, 15) is 0 Å². The summed E-state index contributed by atoms with van der Waals surface area (Å²) in [7, 11) is 0. The van der Waals surface area contributed by atoms with Gasteiger partial charge in [0.05, 0.1) is 5.04 Å². The molecule has 0 saturated carbocycles. The van der Waals surface area contributed by atoms with Gasteiger partial charge in [0.1, 0.15) is 0 Å². The van der Waals surface area contributed by atoms with Crippen LogP contribution >= 0.6 is 11.8 Å². The van der Waals surface area contributed by atoms with Gasteiger partial charge < -0.3 is 5.84 Å². The molecule has 0 unspecified atom stereocenters. The number of hydrazone groups is 1. The zero-order valence-electron chi connectivity index (χ0n) is 4.22. The fourth-order valence-electron chi connectivity index (χ4n) is 0.151. The Balaban J connectivity index is 3.36. The molecule has 0 aromatic heterocycles. The highest BCUT2D eigenvalue weighted by Crippen LogP contribution is 2.00. The Morgan fingerprint density at radius 3 is 2.71 bits per heavy atom. The first-order valence-corrected chi connectivity index (χ1v) is 2.71. The fraction of sp³-hybridized carbons (Fsp3) is 0.250. The van der Waals surface area contributed by atoms with E-state index in [0.717, 1.165) is 5.04 Å². The highest BCUT2D eigenvalue weighted by atomic mass is 32.2. The van der Waals surface area contributed by atoms with Crippen molar-refractivity contribution in [3.05, 3.63) is 12.0 Å². The lowest BCUT2D eigenvalue weighted by Crippen LogP contribution is -1.86. The number of nitrogens with zero attached hydrogens (tertiary/aromatic N) is 1. The molecule has 0 atom stereocenters. The molecule has 3 heteroatoms. The third kappa shape index (κ3) is 3.39. The molecule has 0 aromatic rings. The molecule has 0 bridgehead atoms. The average molecular weight is 116 g/mol. The standard InChI is InChI=1S/C4H8N2S/c1-3-7-4(2)6-5/h3H,1,5H2,2H3/b6-4-. The second kappa shape index (κ2) is 3.74. The quantitative estimate of drug-likeness (QED) is 0.241. The fourth-order valence-corrected chi connectivity index (χ4v) is 0.453. The van der Waals surface area contributed by atoms with Crippen LogP contribution in [0.5, 0.6) is 0 Å². The van der Waals surface area contributed by atoms with E-state index in [1.165, 1.54) is 11.8 Å². The minimum atomic E-state index is 0.829. The van der Waals surface area contributed by atoms with Crippen LogP contribution in [0.4, 0.5) is 0 Å². The number of hydrogen-bond acceptors (Lipinski definition) is 3. The SMILES string of the molecule is C=CS/C(C)=N\N. The summed E-state index contributed by atoms with van der Waals surface area (Å²) in [6, 6.07) is 0. The van der Waals surface area contributed by atoms with Crippen LogP contribution in [0.3, 0.4) is 0 Å². The second-order valence-electron chi connectivity index (χ2n) is 0.933. The highest BCUT2D eigenvalue weighted by Gasteiger charge is 1.80. The van der Waals surface area contributed by atoms with Gasteiger partial charge in [-0.05, 0) is 12.3 Å². The van der Waals surface area contributed by atoms with Crippen molar-refractivity contribution in [3.63, 3.8) is 0 Å². The zero-order valence-corrected chi connectivity index (χ0v) is 5.03. The monoisotopic (exact) mass is 116 g/mol. The van der Waals surface area contributed by atoms with Crippen molar-refractivity contribution >= 4 is 16.8 Å². The minimum absolute atomic E-state index is 0.829. The summed E-state index contributed by atoms with van der Waals surface area (Å²) in [5.41, 5.74) is 0. The summed E-state index contributed by atoms with van der Waals surface area (Å²) in [6.45, 7) is 5.30. The first-order chi connectivity index (χ1) is 3.31. The van der Waals surface area contributed by atoms with Crippen LogP contribution in [-0.4, -0.2) is 5.04 Å². The van der Waals surface area contributed by atoms with Gasteiger partial charge in [0.25, 0.3) is 0 Å². The lowest BCUT2D eigenvalue weighted by atomic mass is 10.9. The average Bonchev–Trinajstić information content (AvgIpc) is 1.68. The molecule has 0 radical (unpaired) electrons. The maximum atomic E-state index is 4.88. The van der Waals surface area contributed by atoms with Crippen LogP contribution in [0.2, 0.25) is 0 Å². The third-order valence-electron chi connectivity index (χ3n) is 0.436. The largest absolute Gasteiger partial charge is 0.323 e. The smallest absolute Gasteiger partial charge is 0.0939 e. The van der Waals surface area contributed by atoms with Crippen molar-refractivity contribution in [1.82, 2.24) is 0 Å². The van der Waals surface area contributed by atoms with E-state index < -0.39 is 0 Å². The first kappa shape index (κ1) is 6.56. The van der Waals surface area contributed by atoms with Crippen molar-refractivity contribution in [2.24, 2.45) is 10.9 Å². The van der Waals surface area contributed by atoms with Gasteiger partial charge >= 0.3 is 0 Å². The van der Waals surface area contributed by atoms with Gasteiger partial charge in [-0.25, -0.2) is 0 Å². The van der Waals surface area contributed by atoms with Crippen molar-refractivity contribution in [2.45, 2.75) is 6.92 Å². The number of nitrogens with two attached hydrogens (primary N) is 1. The van der Waals surface area contributed by atoms with Crippen LogP contribution in [0.15, 0.2) is 17.1 Å². The predicted molar refractivity (Wildman–Crippen MR) is 35.1 cm³/mol. The predicted octanol–water partition coefficient (Wildman–Crippen LogP) is 1.16. The van der Waals surface area contributed by atoms with Crippen LogP contribution in [-0.2, 0) is 0 Å². The van der Waals surface area contributed by atoms with E-state index in [-0.39, 0.29) is 0 Å². The van der Waals surface area contributed by atoms with E-state index in [1.807, 2.05) is 6.92 Å². The van der Waals surface area contributed by atoms with E-state index in [0.29, 0.717) is 0 Å². The Hall–Kier alpha value is -0.440. The van der Waals surface area contributed by atoms with Gasteiger partial charge in [-0.2, -0.15) is 5.10 Å². The van der Waals surface area contributed by atoms with Gasteiger partial charge in [0, 0.05) is 0 Å². The Morgan fingerprint density at radius 2 is 2.57 bits per heavy atom. The molecule has 0 spiro atoms. The molecular weight excluding hydrogens is 108 g/mol. The lowest BCUT2D eigenvalue weighted by Gasteiger charge is -1.85. The Bertz CT molecular complexity index is 87.7. The maximum absolute atomic E-state index is 4.88. The maximum Gasteiger partial charge on any atom is 0.0939 e. The number of rotatable bonds is 1. The number of hydrogen-bond donors (Lipinski definition) is 1. The zero-order chi connectivity index (χ0) is 5.70. The van der Waals surface area contributed by atoms with E-state index in [4.69, 9.17) is 5.84 Å². The summed E-state index contributed by atoms with van der Waals surface area (Å²) >= 11 is 1.42. The molecule has 0 aromatic carbocycles. The second-order valence-corrected chi connectivity index (χ2v) is 2.09. The Labute approximate surface area is 47.5 Å². The molecule has 0 rings (SSSR count). The van der Waals surface area contributed by atoms with E-state index >= 15 is 0 Å². The summed E-state index contributed by atoms with van der Waals surface area (Å²) in [4.78, 5) is 0. The van der Waals surface area contributed by atoms with Crippen molar-refractivity contribution in [2.75, 3.05) is 0 Å². The topological polar surface area (TPSA) is 38.4 Å². The van der Waals surface area contributed by atoms with Crippen LogP contribution in [0, 0.1) is 0 Å². The van der Waals surface area contributed by atoms with Gasteiger partial charge in [-0.15, -0.1) is 0 Å². The molecule has 0 aliphatic carbocycles. The Kier molecular flexibility index (Phi) is 3.50. The molecule has 40 valence electrons. The normalized spacial score (nSPS) is 11.3. The summed E-state index contributed by atoms with van der Waals surface area (Å²) in [5.74, 6) is 4.88. The van der Waals surface area contributed by atoms with Gasteiger partial charge in [0.15, 0.2) is 0 Å². The van der Waals surface area contributed by atoms with Crippen molar-refractivity contribution < 1.29 is 0 Å². The van der Waals surface area contributed by atoms with Gasteiger partial charge in [-0.3, -0.25) is 0 Å². The number of thioether (sulfide) groups is 1. The van der Waals surface area contributed by atoms with Crippen LogP contribution < -0.4 is 5.84 Å². The summed E-state index contributed by atoms with van der Waals surface area (Å²) in [5, 5.41) is 5.90. The molecule has 0 amide bonds. The molecular formula is C4H8N2S. The van der Waals surface area contributed by atoms with Crippen LogP contribution in [0.25, 0.3) is 0 Å².